The summed E-state index contributed by atoms with van der Waals surface area (Å²) in [5.74, 6) is -0.548. The quantitative estimate of drug-likeness (QED) is 0.907. The standard InChI is InChI=1S/C14H18BrFN2O/c1-9(17)13-4-2-3-7-18(13)14(19)10-5-6-11(15)12(16)8-10/h5-6,8-9,13H,2-4,7,17H2,1H3. The van der Waals surface area contributed by atoms with Crippen molar-refractivity contribution in [2.75, 3.05) is 6.54 Å². The number of piperidine rings is 1. The molecular weight excluding hydrogens is 311 g/mol. The van der Waals surface area contributed by atoms with Gasteiger partial charge in [-0.3, -0.25) is 4.79 Å². The number of carbonyl (C=O) groups excluding carboxylic acids is 1. The Hall–Kier alpha value is -0.940. The van der Waals surface area contributed by atoms with Gasteiger partial charge in [-0.05, 0) is 60.3 Å². The van der Waals surface area contributed by atoms with Gasteiger partial charge in [0.15, 0.2) is 0 Å². The van der Waals surface area contributed by atoms with Gasteiger partial charge in [0.25, 0.3) is 5.91 Å². The zero-order chi connectivity index (χ0) is 14.0. The Balaban J connectivity index is 2.23. The molecule has 1 saturated heterocycles. The third-order valence-electron chi connectivity index (χ3n) is 3.58. The van der Waals surface area contributed by atoms with Gasteiger partial charge in [0.05, 0.1) is 4.47 Å². The van der Waals surface area contributed by atoms with Crippen molar-refractivity contribution in [3.8, 4) is 0 Å². The summed E-state index contributed by atoms with van der Waals surface area (Å²) in [7, 11) is 0. The van der Waals surface area contributed by atoms with Crippen LogP contribution in [-0.4, -0.2) is 29.4 Å². The molecule has 1 aliphatic heterocycles. The lowest BCUT2D eigenvalue weighted by molar-refractivity contribution is 0.0583. The predicted molar refractivity (Wildman–Crippen MR) is 76.4 cm³/mol. The monoisotopic (exact) mass is 328 g/mol. The minimum absolute atomic E-state index is 0.0490. The smallest absolute Gasteiger partial charge is 0.254 e. The van der Waals surface area contributed by atoms with Crippen LogP contribution >= 0.6 is 15.9 Å². The summed E-state index contributed by atoms with van der Waals surface area (Å²) in [6.07, 6.45) is 2.99. The number of halogens is 2. The van der Waals surface area contributed by atoms with Crippen molar-refractivity contribution < 1.29 is 9.18 Å². The Kier molecular flexibility index (Phi) is 4.58. The number of amides is 1. The zero-order valence-corrected chi connectivity index (χ0v) is 12.5. The van der Waals surface area contributed by atoms with Gasteiger partial charge in [-0.1, -0.05) is 0 Å². The molecule has 2 unspecified atom stereocenters. The van der Waals surface area contributed by atoms with E-state index in [1.54, 1.807) is 17.0 Å². The average Bonchev–Trinajstić information content (AvgIpc) is 2.41. The van der Waals surface area contributed by atoms with Crippen LogP contribution in [0.25, 0.3) is 0 Å². The zero-order valence-electron chi connectivity index (χ0n) is 10.9. The van der Waals surface area contributed by atoms with E-state index >= 15 is 0 Å². The minimum Gasteiger partial charge on any atom is -0.334 e. The molecule has 104 valence electrons. The van der Waals surface area contributed by atoms with Crippen LogP contribution < -0.4 is 5.73 Å². The van der Waals surface area contributed by atoms with Crippen LogP contribution in [0.5, 0.6) is 0 Å². The molecule has 1 aliphatic rings. The van der Waals surface area contributed by atoms with Gasteiger partial charge < -0.3 is 10.6 Å². The molecule has 1 fully saturated rings. The molecule has 2 N–H and O–H groups in total. The Morgan fingerprint density at radius 3 is 2.89 bits per heavy atom. The molecule has 0 spiro atoms. The number of carbonyl (C=O) groups is 1. The van der Waals surface area contributed by atoms with E-state index in [-0.39, 0.29) is 18.0 Å². The van der Waals surface area contributed by atoms with E-state index in [9.17, 15) is 9.18 Å². The highest BCUT2D eigenvalue weighted by molar-refractivity contribution is 9.10. The Morgan fingerprint density at radius 2 is 2.26 bits per heavy atom. The SMILES string of the molecule is CC(N)C1CCCCN1C(=O)c1ccc(Br)c(F)c1. The van der Waals surface area contributed by atoms with E-state index in [1.165, 1.54) is 6.07 Å². The van der Waals surface area contributed by atoms with E-state index in [0.717, 1.165) is 19.3 Å². The molecule has 0 aromatic heterocycles. The summed E-state index contributed by atoms with van der Waals surface area (Å²) in [6, 6.07) is 4.46. The summed E-state index contributed by atoms with van der Waals surface area (Å²) in [6.45, 7) is 2.61. The lowest BCUT2D eigenvalue weighted by Crippen LogP contribution is -2.51. The summed E-state index contributed by atoms with van der Waals surface area (Å²) in [5.41, 5.74) is 6.33. The van der Waals surface area contributed by atoms with Crippen molar-refractivity contribution in [1.29, 1.82) is 0 Å². The number of benzene rings is 1. The lowest BCUT2D eigenvalue weighted by atomic mass is 9.96. The second-order valence-electron chi connectivity index (χ2n) is 5.05. The average molecular weight is 329 g/mol. The molecule has 5 heteroatoms. The topological polar surface area (TPSA) is 46.3 Å². The molecule has 1 aromatic carbocycles. The maximum absolute atomic E-state index is 13.5. The normalized spacial score (nSPS) is 21.3. The van der Waals surface area contributed by atoms with Crippen LogP contribution in [0.1, 0.15) is 36.5 Å². The first kappa shape index (κ1) is 14.5. The van der Waals surface area contributed by atoms with Gasteiger partial charge >= 0.3 is 0 Å². The van der Waals surface area contributed by atoms with Crippen molar-refractivity contribution in [3.63, 3.8) is 0 Å². The van der Waals surface area contributed by atoms with Crippen molar-refractivity contribution in [2.24, 2.45) is 5.73 Å². The maximum Gasteiger partial charge on any atom is 0.254 e. The fourth-order valence-electron chi connectivity index (χ4n) is 2.55. The van der Waals surface area contributed by atoms with Crippen molar-refractivity contribution >= 4 is 21.8 Å². The summed E-state index contributed by atoms with van der Waals surface area (Å²) in [5, 5.41) is 0. The number of hydrogen-bond acceptors (Lipinski definition) is 2. The first-order valence-electron chi connectivity index (χ1n) is 6.52. The van der Waals surface area contributed by atoms with Gasteiger partial charge in [-0.2, -0.15) is 0 Å². The summed E-state index contributed by atoms with van der Waals surface area (Å²) >= 11 is 3.09. The highest BCUT2D eigenvalue weighted by Gasteiger charge is 2.29. The molecular formula is C14H18BrFN2O. The van der Waals surface area contributed by atoms with Crippen LogP contribution in [0.4, 0.5) is 4.39 Å². The minimum atomic E-state index is -0.416. The summed E-state index contributed by atoms with van der Waals surface area (Å²) in [4.78, 5) is 14.3. The number of nitrogens with zero attached hydrogens (tertiary/aromatic N) is 1. The van der Waals surface area contributed by atoms with E-state index in [4.69, 9.17) is 5.73 Å². The fraction of sp³-hybridized carbons (Fsp3) is 0.500. The molecule has 1 aromatic rings. The predicted octanol–water partition coefficient (Wildman–Crippen LogP) is 2.93. The number of hydrogen-bond donors (Lipinski definition) is 1. The molecule has 0 radical (unpaired) electrons. The van der Waals surface area contributed by atoms with Crippen LogP contribution in [-0.2, 0) is 0 Å². The van der Waals surface area contributed by atoms with Gasteiger partial charge in [0, 0.05) is 24.2 Å². The molecule has 19 heavy (non-hydrogen) atoms. The molecule has 1 heterocycles. The Morgan fingerprint density at radius 1 is 1.53 bits per heavy atom. The van der Waals surface area contributed by atoms with Gasteiger partial charge in [0.2, 0.25) is 0 Å². The van der Waals surface area contributed by atoms with Crippen LogP contribution in [0.3, 0.4) is 0 Å². The molecule has 2 rings (SSSR count). The number of nitrogens with two attached hydrogens (primary N) is 1. The van der Waals surface area contributed by atoms with Gasteiger partial charge in [-0.15, -0.1) is 0 Å². The fourth-order valence-corrected chi connectivity index (χ4v) is 2.80. The number of likely N-dealkylation sites (tertiary alicyclic amines) is 1. The highest BCUT2D eigenvalue weighted by Crippen LogP contribution is 2.23. The maximum atomic E-state index is 13.5. The lowest BCUT2D eigenvalue weighted by Gasteiger charge is -2.38. The molecule has 0 saturated carbocycles. The molecule has 3 nitrogen and oxygen atoms in total. The molecule has 0 bridgehead atoms. The van der Waals surface area contributed by atoms with Crippen molar-refractivity contribution in [3.05, 3.63) is 34.1 Å². The Labute approximate surface area is 121 Å². The van der Waals surface area contributed by atoms with E-state index < -0.39 is 5.82 Å². The van der Waals surface area contributed by atoms with Crippen LogP contribution in [0, 0.1) is 5.82 Å². The molecule has 1 amide bonds. The van der Waals surface area contributed by atoms with Crippen LogP contribution in [0.2, 0.25) is 0 Å². The van der Waals surface area contributed by atoms with E-state index in [1.807, 2.05) is 6.92 Å². The highest BCUT2D eigenvalue weighted by atomic mass is 79.9. The first-order chi connectivity index (χ1) is 9.00. The largest absolute Gasteiger partial charge is 0.334 e. The van der Waals surface area contributed by atoms with Gasteiger partial charge in [0.1, 0.15) is 5.82 Å². The van der Waals surface area contributed by atoms with Gasteiger partial charge in [-0.25, -0.2) is 4.39 Å². The van der Waals surface area contributed by atoms with Crippen LogP contribution in [0.15, 0.2) is 22.7 Å². The van der Waals surface area contributed by atoms with Crippen molar-refractivity contribution in [2.45, 2.75) is 38.3 Å². The number of rotatable bonds is 2. The Bertz CT molecular complexity index is 479. The summed E-state index contributed by atoms with van der Waals surface area (Å²) < 4.78 is 13.9. The molecule has 2 atom stereocenters. The third-order valence-corrected chi connectivity index (χ3v) is 4.23. The van der Waals surface area contributed by atoms with E-state index in [2.05, 4.69) is 15.9 Å². The van der Waals surface area contributed by atoms with Crippen molar-refractivity contribution in [1.82, 2.24) is 4.90 Å². The second-order valence-corrected chi connectivity index (χ2v) is 5.90. The third kappa shape index (κ3) is 3.15. The molecule has 0 aliphatic carbocycles. The first-order valence-corrected chi connectivity index (χ1v) is 7.31. The van der Waals surface area contributed by atoms with E-state index in [0.29, 0.717) is 16.6 Å². The second kappa shape index (κ2) is 6.01.